The normalized spacial score (nSPS) is 15.5. The molecule has 0 saturated carbocycles. The molecule has 7 nitrogen and oxygen atoms in total. The summed E-state index contributed by atoms with van der Waals surface area (Å²) in [7, 11) is 0. The molecule has 2 aromatic rings. The van der Waals surface area contributed by atoms with Gasteiger partial charge in [-0.2, -0.15) is 0 Å². The topological polar surface area (TPSA) is 92.8 Å². The maximum Gasteiger partial charge on any atom is 0.338 e. The van der Waals surface area contributed by atoms with Gasteiger partial charge in [-0.1, -0.05) is 43.3 Å². The van der Waals surface area contributed by atoms with Gasteiger partial charge in [-0.25, -0.2) is 4.79 Å². The monoisotopic (exact) mass is 422 g/mol. The molecule has 1 saturated heterocycles. The molecular weight excluding hydrogens is 396 g/mol. The van der Waals surface area contributed by atoms with Gasteiger partial charge in [0, 0.05) is 25.3 Å². The third kappa shape index (κ3) is 5.36. The van der Waals surface area contributed by atoms with E-state index in [0.29, 0.717) is 12.2 Å². The Morgan fingerprint density at radius 3 is 2.35 bits per heavy atom. The Balaban J connectivity index is 1.58. The number of hydrogen-bond acceptors (Lipinski definition) is 5. The van der Waals surface area contributed by atoms with Crippen LogP contribution in [0.5, 0.6) is 0 Å². The van der Waals surface area contributed by atoms with Gasteiger partial charge in [-0.05, 0) is 37.1 Å². The van der Waals surface area contributed by atoms with Crippen LogP contribution in [0.25, 0.3) is 0 Å². The van der Waals surface area contributed by atoms with E-state index >= 15 is 0 Å². The highest BCUT2D eigenvalue weighted by molar-refractivity contribution is 6.20. The Morgan fingerprint density at radius 2 is 1.71 bits per heavy atom. The summed E-state index contributed by atoms with van der Waals surface area (Å²) in [5.41, 5.74) is 1.63. The lowest BCUT2D eigenvalue weighted by atomic mass is 9.96. The zero-order valence-corrected chi connectivity index (χ0v) is 17.7. The maximum atomic E-state index is 12.5. The molecular formula is C24H26N2O5. The summed E-state index contributed by atoms with van der Waals surface area (Å²) in [6.07, 6.45) is 0.192. The summed E-state index contributed by atoms with van der Waals surface area (Å²) in [4.78, 5) is 49.9. The van der Waals surface area contributed by atoms with Crippen LogP contribution in [-0.4, -0.2) is 36.3 Å². The van der Waals surface area contributed by atoms with Crippen molar-refractivity contribution >= 4 is 29.4 Å². The van der Waals surface area contributed by atoms with Crippen molar-refractivity contribution in [2.45, 2.75) is 45.1 Å². The molecule has 3 amide bonds. The van der Waals surface area contributed by atoms with E-state index in [0.717, 1.165) is 16.9 Å². The van der Waals surface area contributed by atoms with E-state index in [1.807, 2.05) is 30.3 Å². The molecule has 1 fully saturated rings. The van der Waals surface area contributed by atoms with E-state index in [2.05, 4.69) is 12.2 Å². The molecule has 0 bridgehead atoms. The van der Waals surface area contributed by atoms with Gasteiger partial charge < -0.3 is 10.1 Å². The van der Waals surface area contributed by atoms with Crippen molar-refractivity contribution in [3.05, 3.63) is 65.7 Å². The highest BCUT2D eigenvalue weighted by Gasteiger charge is 2.31. The van der Waals surface area contributed by atoms with Crippen LogP contribution in [0.2, 0.25) is 0 Å². The summed E-state index contributed by atoms with van der Waals surface area (Å²) in [5, 5.41) is 2.84. The Morgan fingerprint density at radius 1 is 1.03 bits per heavy atom. The van der Waals surface area contributed by atoms with E-state index in [1.54, 1.807) is 12.1 Å². The smallest absolute Gasteiger partial charge is 0.338 e. The van der Waals surface area contributed by atoms with Gasteiger partial charge in [0.1, 0.15) is 0 Å². The van der Waals surface area contributed by atoms with Gasteiger partial charge in [-0.15, -0.1) is 0 Å². The van der Waals surface area contributed by atoms with E-state index in [-0.39, 0.29) is 42.0 Å². The van der Waals surface area contributed by atoms with Crippen LogP contribution < -0.4 is 10.2 Å². The highest BCUT2D eigenvalue weighted by atomic mass is 16.5. The van der Waals surface area contributed by atoms with Crippen molar-refractivity contribution < 1.29 is 23.9 Å². The van der Waals surface area contributed by atoms with Crippen LogP contribution in [0.4, 0.5) is 5.69 Å². The zero-order chi connectivity index (χ0) is 22.4. The minimum atomic E-state index is -0.987. The fraction of sp³-hybridized carbons (Fsp3) is 0.333. The number of benzene rings is 2. The minimum absolute atomic E-state index is 0.159. The lowest BCUT2D eigenvalue weighted by Gasteiger charge is -2.19. The number of esters is 1. The molecule has 7 heteroatoms. The van der Waals surface area contributed by atoms with Crippen molar-refractivity contribution in [1.29, 1.82) is 0 Å². The summed E-state index contributed by atoms with van der Waals surface area (Å²) in [5.74, 6) is -1.51. The van der Waals surface area contributed by atoms with Crippen LogP contribution in [0.1, 0.15) is 54.9 Å². The van der Waals surface area contributed by atoms with Crippen molar-refractivity contribution in [2.75, 3.05) is 11.4 Å². The molecule has 0 aliphatic carbocycles. The maximum absolute atomic E-state index is 12.5. The highest BCUT2D eigenvalue weighted by Crippen LogP contribution is 2.24. The lowest BCUT2D eigenvalue weighted by molar-refractivity contribution is -0.129. The number of carbonyl (C=O) groups is 4. The third-order valence-electron chi connectivity index (χ3n) is 5.33. The number of hydrogen-bond donors (Lipinski definition) is 1. The van der Waals surface area contributed by atoms with Gasteiger partial charge in [0.2, 0.25) is 11.8 Å². The molecule has 1 N–H and O–H groups in total. The molecule has 3 rings (SSSR count). The molecule has 1 aliphatic rings. The number of nitrogens with zero attached hydrogens (tertiary/aromatic N) is 1. The number of ether oxygens (including phenoxy) is 1. The van der Waals surface area contributed by atoms with Gasteiger partial charge in [0.05, 0.1) is 11.3 Å². The van der Waals surface area contributed by atoms with Crippen molar-refractivity contribution in [2.24, 2.45) is 0 Å². The summed E-state index contributed by atoms with van der Waals surface area (Å²) >= 11 is 0. The largest absolute Gasteiger partial charge is 0.449 e. The van der Waals surface area contributed by atoms with Crippen LogP contribution in [-0.2, 0) is 19.1 Å². The van der Waals surface area contributed by atoms with Crippen molar-refractivity contribution in [1.82, 2.24) is 5.32 Å². The first-order chi connectivity index (χ1) is 14.9. The lowest BCUT2D eigenvalue weighted by Crippen LogP contribution is -2.38. The Kier molecular flexibility index (Phi) is 7.18. The quantitative estimate of drug-likeness (QED) is 0.521. The number of amides is 3. The van der Waals surface area contributed by atoms with Crippen LogP contribution in [0, 0.1) is 0 Å². The van der Waals surface area contributed by atoms with Crippen LogP contribution in [0.3, 0.4) is 0 Å². The summed E-state index contributed by atoms with van der Waals surface area (Å²) in [6, 6.07) is 16.0. The first kappa shape index (κ1) is 22.2. The van der Waals surface area contributed by atoms with E-state index in [1.165, 1.54) is 19.1 Å². The van der Waals surface area contributed by atoms with E-state index < -0.39 is 12.1 Å². The number of carbonyl (C=O) groups excluding carboxylic acids is 4. The van der Waals surface area contributed by atoms with Gasteiger partial charge in [0.25, 0.3) is 5.91 Å². The molecule has 2 aromatic carbocycles. The summed E-state index contributed by atoms with van der Waals surface area (Å²) < 4.78 is 5.30. The number of nitrogens with one attached hydrogen (secondary N) is 1. The molecule has 31 heavy (non-hydrogen) atoms. The molecule has 2 atom stereocenters. The predicted octanol–water partition coefficient (Wildman–Crippen LogP) is 3.20. The summed E-state index contributed by atoms with van der Waals surface area (Å²) in [6.45, 7) is 4.00. The molecule has 162 valence electrons. The molecule has 0 aromatic heterocycles. The SMILES string of the molecule is CC[C@@H](CNC(=O)[C@H](C)OC(=O)c1cccc(N2C(=O)CCC2=O)c1)c1ccccc1. The average Bonchev–Trinajstić information content (AvgIpc) is 3.12. The number of anilines is 1. The fourth-order valence-corrected chi connectivity index (χ4v) is 3.51. The fourth-order valence-electron chi connectivity index (χ4n) is 3.51. The Labute approximate surface area is 181 Å². The van der Waals surface area contributed by atoms with E-state index in [9.17, 15) is 19.2 Å². The number of imide groups is 1. The van der Waals surface area contributed by atoms with Gasteiger partial charge in [-0.3, -0.25) is 19.3 Å². The van der Waals surface area contributed by atoms with Crippen molar-refractivity contribution in [3.8, 4) is 0 Å². The standard InChI is InChI=1S/C24H26N2O5/c1-3-17(18-8-5-4-6-9-18)15-25-23(29)16(2)31-24(30)19-10-7-11-20(14-19)26-21(27)12-13-22(26)28/h4-11,14,16-17H,3,12-13,15H2,1-2H3,(H,25,29)/t16-,17-/m0/s1. The molecule has 1 heterocycles. The minimum Gasteiger partial charge on any atom is -0.449 e. The van der Waals surface area contributed by atoms with Crippen LogP contribution in [0.15, 0.2) is 54.6 Å². The molecule has 0 radical (unpaired) electrons. The van der Waals surface area contributed by atoms with Crippen LogP contribution >= 0.6 is 0 Å². The zero-order valence-electron chi connectivity index (χ0n) is 17.7. The average molecular weight is 422 g/mol. The van der Waals surface area contributed by atoms with Crippen molar-refractivity contribution in [3.63, 3.8) is 0 Å². The predicted molar refractivity (Wildman–Crippen MR) is 116 cm³/mol. The Bertz CT molecular complexity index is 957. The van der Waals surface area contributed by atoms with Gasteiger partial charge in [0.15, 0.2) is 6.10 Å². The molecule has 1 aliphatic heterocycles. The second kappa shape index (κ2) is 10.0. The third-order valence-corrected chi connectivity index (χ3v) is 5.33. The number of rotatable bonds is 8. The first-order valence-corrected chi connectivity index (χ1v) is 10.4. The second-order valence-corrected chi connectivity index (χ2v) is 7.48. The van der Waals surface area contributed by atoms with Gasteiger partial charge >= 0.3 is 5.97 Å². The molecule has 0 unspecified atom stereocenters. The molecule has 0 spiro atoms. The van der Waals surface area contributed by atoms with E-state index in [4.69, 9.17) is 4.74 Å². The Hall–Kier alpha value is -3.48. The first-order valence-electron chi connectivity index (χ1n) is 10.4. The second-order valence-electron chi connectivity index (χ2n) is 7.48.